The van der Waals surface area contributed by atoms with Gasteiger partial charge in [-0.3, -0.25) is 9.97 Å². The maximum Gasteiger partial charge on any atom is 0.341 e. The van der Waals surface area contributed by atoms with E-state index in [0.29, 0.717) is 28.1 Å². The van der Waals surface area contributed by atoms with Gasteiger partial charge in [0.2, 0.25) is 0 Å². The van der Waals surface area contributed by atoms with Crippen molar-refractivity contribution >= 4 is 45.1 Å². The van der Waals surface area contributed by atoms with Gasteiger partial charge >= 0.3 is 11.9 Å². The quantitative estimate of drug-likeness (QED) is 0.167. The number of aromatic carboxylic acids is 1. The summed E-state index contributed by atoms with van der Waals surface area (Å²) in [5.74, 6) is -2.10. The number of carbonyl (C=O) groups excluding carboxylic acids is 1. The molecule has 4 heterocycles. The second kappa shape index (κ2) is 16.9. The number of hydrogen-bond acceptors (Lipinski definition) is 7. The van der Waals surface area contributed by atoms with E-state index in [0.717, 1.165) is 83.3 Å². The molecule has 1 N–H and O–H groups in total. The number of pyridine rings is 2. The number of aryl methyl sites for hydroxylation is 2. The van der Waals surface area contributed by atoms with Gasteiger partial charge in [0.05, 0.1) is 33.5 Å². The maximum absolute atomic E-state index is 13.7. The standard InChI is InChI=1S/C26H29FN2O2.C22H21FN2O2/c1-17-23(25(30)31-26(2,3)4)24(18-8-10-19(27)11-9-18)21-16-20(12-13-22(21)28-17)29-14-6-5-7-15-29;1-14-20(22(26)27)21(15-5-7-16(23)8-6-15)18-13-17(9-10-19(18)24-14)25-11-3-2-4-12-25/h8-13,16H,5-7,14-15H2,1-4H3;5-10,13H,2-4,11-12H2,1H3,(H,26,27). The molecule has 6 aromatic rings. The molecule has 2 aromatic heterocycles. The normalized spacial score (nSPS) is 14.6. The Kier molecular flexibility index (Phi) is 11.7. The van der Waals surface area contributed by atoms with E-state index in [-0.39, 0.29) is 17.2 Å². The predicted octanol–water partition coefficient (Wildman–Crippen LogP) is 11.3. The van der Waals surface area contributed by atoms with Gasteiger partial charge in [0, 0.05) is 59.5 Å². The number of nitrogens with zero attached hydrogens (tertiary/aromatic N) is 4. The number of ether oxygens (including phenoxy) is 1. The summed E-state index contributed by atoms with van der Waals surface area (Å²) in [5, 5.41) is 11.5. The Balaban J connectivity index is 0.000000178. The molecule has 0 saturated carbocycles. The zero-order chi connectivity index (χ0) is 41.1. The summed E-state index contributed by atoms with van der Waals surface area (Å²) in [6.45, 7) is 13.1. The van der Waals surface area contributed by atoms with Crippen LogP contribution < -0.4 is 9.80 Å². The molecule has 300 valence electrons. The molecule has 0 radical (unpaired) electrons. The molecule has 4 aromatic carbocycles. The Labute approximate surface area is 338 Å². The van der Waals surface area contributed by atoms with Crippen LogP contribution in [-0.4, -0.2) is 58.8 Å². The molecule has 0 atom stereocenters. The molecular formula is C48H50F2N4O4. The van der Waals surface area contributed by atoms with Crippen LogP contribution in [0.4, 0.5) is 20.2 Å². The lowest BCUT2D eigenvalue weighted by atomic mass is 9.93. The first-order valence-electron chi connectivity index (χ1n) is 20.1. The van der Waals surface area contributed by atoms with Crippen molar-refractivity contribution in [3.05, 3.63) is 119 Å². The van der Waals surface area contributed by atoms with Crippen molar-refractivity contribution in [2.45, 2.75) is 78.7 Å². The SMILES string of the molecule is Cc1nc2ccc(N3CCCCC3)cc2c(-c2ccc(F)cc2)c1C(=O)O.Cc1nc2ccc(N3CCCCC3)cc2c(-c2ccc(F)cc2)c1C(=O)OC(C)(C)C. The summed E-state index contributed by atoms with van der Waals surface area (Å²) in [7, 11) is 0. The molecule has 8 nitrogen and oxygen atoms in total. The molecule has 0 amide bonds. The molecule has 2 aliphatic heterocycles. The third-order valence-electron chi connectivity index (χ3n) is 10.8. The fourth-order valence-corrected chi connectivity index (χ4v) is 8.12. The molecular weight excluding hydrogens is 735 g/mol. The number of aromatic nitrogens is 2. The third-order valence-corrected chi connectivity index (χ3v) is 10.8. The second-order valence-corrected chi connectivity index (χ2v) is 16.2. The van der Waals surface area contributed by atoms with Gasteiger partial charge < -0.3 is 19.6 Å². The molecule has 0 spiro atoms. The van der Waals surface area contributed by atoms with Gasteiger partial charge in [0.15, 0.2) is 0 Å². The molecule has 2 fully saturated rings. The molecule has 0 bridgehead atoms. The van der Waals surface area contributed by atoms with Gasteiger partial charge in [-0.1, -0.05) is 24.3 Å². The summed E-state index contributed by atoms with van der Waals surface area (Å²) in [4.78, 5) is 39.2. The number of benzene rings is 4. The third kappa shape index (κ3) is 8.81. The van der Waals surface area contributed by atoms with Crippen molar-refractivity contribution < 1.29 is 28.2 Å². The van der Waals surface area contributed by atoms with Gasteiger partial charge in [-0.2, -0.15) is 0 Å². The monoisotopic (exact) mass is 784 g/mol. The van der Waals surface area contributed by atoms with Crippen LogP contribution in [0.3, 0.4) is 0 Å². The number of anilines is 2. The van der Waals surface area contributed by atoms with E-state index in [2.05, 4.69) is 33.0 Å². The van der Waals surface area contributed by atoms with Crippen LogP contribution in [0.2, 0.25) is 0 Å². The van der Waals surface area contributed by atoms with Crippen molar-refractivity contribution in [1.29, 1.82) is 0 Å². The van der Waals surface area contributed by atoms with Crippen molar-refractivity contribution in [1.82, 2.24) is 9.97 Å². The van der Waals surface area contributed by atoms with E-state index < -0.39 is 17.5 Å². The zero-order valence-corrected chi connectivity index (χ0v) is 33.9. The largest absolute Gasteiger partial charge is 0.478 e. The zero-order valence-electron chi connectivity index (χ0n) is 33.9. The average molecular weight is 785 g/mol. The van der Waals surface area contributed by atoms with Gasteiger partial charge in [-0.25, -0.2) is 18.4 Å². The summed E-state index contributed by atoms with van der Waals surface area (Å²) in [5.41, 5.74) is 7.59. The van der Waals surface area contributed by atoms with Gasteiger partial charge in [0.1, 0.15) is 17.2 Å². The lowest BCUT2D eigenvalue weighted by Crippen LogP contribution is -2.29. The molecule has 2 saturated heterocycles. The van der Waals surface area contributed by atoms with E-state index in [1.807, 2.05) is 45.9 Å². The highest BCUT2D eigenvalue weighted by Crippen LogP contribution is 2.38. The van der Waals surface area contributed by atoms with Crippen LogP contribution >= 0.6 is 0 Å². The smallest absolute Gasteiger partial charge is 0.341 e. The highest BCUT2D eigenvalue weighted by Gasteiger charge is 2.27. The molecule has 8 rings (SSSR count). The molecule has 0 unspecified atom stereocenters. The van der Waals surface area contributed by atoms with Gasteiger partial charge in [-0.15, -0.1) is 0 Å². The fourth-order valence-electron chi connectivity index (χ4n) is 8.12. The maximum atomic E-state index is 13.7. The second-order valence-electron chi connectivity index (χ2n) is 16.2. The summed E-state index contributed by atoms with van der Waals surface area (Å²) < 4.78 is 32.8. The van der Waals surface area contributed by atoms with E-state index in [9.17, 15) is 23.5 Å². The number of carboxylic acid groups (broad SMARTS) is 1. The van der Waals surface area contributed by atoms with Crippen molar-refractivity contribution in [2.75, 3.05) is 36.0 Å². The summed E-state index contributed by atoms with van der Waals surface area (Å²) >= 11 is 0. The Morgan fingerprint density at radius 3 is 1.40 bits per heavy atom. The molecule has 58 heavy (non-hydrogen) atoms. The van der Waals surface area contributed by atoms with E-state index in [1.54, 1.807) is 31.2 Å². The van der Waals surface area contributed by atoms with Crippen LogP contribution in [-0.2, 0) is 4.74 Å². The minimum atomic E-state index is -1.02. The van der Waals surface area contributed by atoms with Gasteiger partial charge in [-0.05, 0) is 145 Å². The van der Waals surface area contributed by atoms with Gasteiger partial charge in [0.25, 0.3) is 0 Å². The highest BCUT2D eigenvalue weighted by atomic mass is 19.1. The molecule has 2 aliphatic rings. The molecule has 10 heteroatoms. The van der Waals surface area contributed by atoms with Crippen LogP contribution in [0.1, 0.15) is 91.4 Å². The van der Waals surface area contributed by atoms with Crippen LogP contribution in [0, 0.1) is 25.5 Å². The first kappa shape index (κ1) is 40.3. The predicted molar refractivity (Wildman–Crippen MR) is 228 cm³/mol. The number of carboxylic acids is 1. The lowest BCUT2D eigenvalue weighted by molar-refractivity contribution is 0.00691. The summed E-state index contributed by atoms with van der Waals surface area (Å²) in [6, 6.07) is 24.5. The summed E-state index contributed by atoms with van der Waals surface area (Å²) in [6.07, 6.45) is 7.18. The number of fused-ring (bicyclic) bond motifs is 2. The number of halogens is 2. The first-order valence-corrected chi connectivity index (χ1v) is 20.1. The number of esters is 1. The van der Waals surface area contributed by atoms with E-state index in [1.165, 1.54) is 49.9 Å². The Morgan fingerprint density at radius 2 is 1.00 bits per heavy atom. The number of rotatable bonds is 6. The first-order chi connectivity index (χ1) is 27.8. The minimum Gasteiger partial charge on any atom is -0.478 e. The number of hydrogen-bond donors (Lipinski definition) is 1. The van der Waals surface area contributed by atoms with Crippen molar-refractivity contribution in [3.63, 3.8) is 0 Å². The number of carbonyl (C=O) groups is 2. The Morgan fingerprint density at radius 1 is 0.603 bits per heavy atom. The van der Waals surface area contributed by atoms with E-state index >= 15 is 0 Å². The van der Waals surface area contributed by atoms with Crippen molar-refractivity contribution in [3.8, 4) is 22.3 Å². The van der Waals surface area contributed by atoms with Crippen LogP contribution in [0.5, 0.6) is 0 Å². The topological polar surface area (TPSA) is 95.9 Å². The Hall–Kier alpha value is -5.90. The Bertz CT molecular complexity index is 2470. The fraction of sp³-hybridized carbons (Fsp3) is 0.333. The average Bonchev–Trinajstić information content (AvgIpc) is 3.20. The van der Waals surface area contributed by atoms with Crippen LogP contribution in [0.25, 0.3) is 44.1 Å². The number of piperidine rings is 2. The van der Waals surface area contributed by atoms with Crippen LogP contribution in [0.15, 0.2) is 84.9 Å². The molecule has 0 aliphatic carbocycles. The minimum absolute atomic E-state index is 0.171. The van der Waals surface area contributed by atoms with Crippen molar-refractivity contribution in [2.24, 2.45) is 0 Å². The lowest BCUT2D eigenvalue weighted by Gasteiger charge is -2.29. The highest BCUT2D eigenvalue weighted by molar-refractivity contribution is 6.09. The van der Waals surface area contributed by atoms with E-state index in [4.69, 9.17) is 9.72 Å².